The van der Waals surface area contributed by atoms with E-state index < -0.39 is 0 Å². The summed E-state index contributed by atoms with van der Waals surface area (Å²) in [5.74, 6) is 5.66. The van der Waals surface area contributed by atoms with Crippen molar-refractivity contribution < 1.29 is 0 Å². The van der Waals surface area contributed by atoms with E-state index in [-0.39, 0.29) is 0 Å². The van der Waals surface area contributed by atoms with Gasteiger partial charge in [-0.05, 0) is 87.9 Å². The van der Waals surface area contributed by atoms with E-state index in [1.54, 1.807) is 0 Å². The zero-order valence-corrected chi connectivity index (χ0v) is 14.5. The zero-order valence-electron chi connectivity index (χ0n) is 14.5. The van der Waals surface area contributed by atoms with E-state index in [0.717, 1.165) is 11.8 Å². The molecule has 0 aromatic carbocycles. The van der Waals surface area contributed by atoms with E-state index in [4.69, 9.17) is 0 Å². The molecule has 0 nitrogen and oxygen atoms in total. The van der Waals surface area contributed by atoms with Gasteiger partial charge in [0.1, 0.15) is 0 Å². The van der Waals surface area contributed by atoms with Gasteiger partial charge >= 0.3 is 0 Å². The van der Waals surface area contributed by atoms with Gasteiger partial charge in [-0.2, -0.15) is 0 Å². The second-order valence-electron chi connectivity index (χ2n) is 7.34. The fourth-order valence-corrected chi connectivity index (χ4v) is 4.26. The molecule has 2 aliphatic rings. The second-order valence-corrected chi connectivity index (χ2v) is 7.34. The standard InChI is InChI=1S/C21H36/c1-3-5-6-7-9-19-12-16-21(17-13-19)20-14-10-18(8-4-2)11-15-20/h7,9,19-20H,3-6,8,10-17H2,1-2H3/b9-7+. The van der Waals surface area contributed by atoms with Gasteiger partial charge in [0.05, 0.1) is 0 Å². The molecule has 120 valence electrons. The van der Waals surface area contributed by atoms with Crippen molar-refractivity contribution in [3.05, 3.63) is 24.0 Å². The molecule has 0 aliphatic heterocycles. The molecule has 0 spiro atoms. The summed E-state index contributed by atoms with van der Waals surface area (Å²) < 4.78 is 0. The molecule has 0 saturated heterocycles. The third-order valence-corrected chi connectivity index (χ3v) is 5.68. The molecule has 2 rings (SSSR count). The van der Waals surface area contributed by atoms with Gasteiger partial charge in [-0.1, -0.05) is 45.3 Å². The third-order valence-electron chi connectivity index (χ3n) is 5.68. The van der Waals surface area contributed by atoms with E-state index in [1.165, 1.54) is 83.5 Å². The van der Waals surface area contributed by atoms with Gasteiger partial charge in [-0.15, -0.1) is 0 Å². The van der Waals surface area contributed by atoms with Gasteiger partial charge in [0, 0.05) is 0 Å². The van der Waals surface area contributed by atoms with Gasteiger partial charge in [0.25, 0.3) is 0 Å². The van der Waals surface area contributed by atoms with E-state index >= 15 is 0 Å². The molecule has 0 N–H and O–H groups in total. The first kappa shape index (κ1) is 17.1. The molecule has 0 aromatic heterocycles. The molecule has 2 aliphatic carbocycles. The van der Waals surface area contributed by atoms with E-state index in [9.17, 15) is 0 Å². The van der Waals surface area contributed by atoms with Crippen molar-refractivity contribution in [2.75, 3.05) is 0 Å². The maximum absolute atomic E-state index is 2.53. The molecule has 0 bridgehead atoms. The van der Waals surface area contributed by atoms with Crippen LogP contribution in [0.2, 0.25) is 0 Å². The van der Waals surface area contributed by atoms with Gasteiger partial charge in [-0.3, -0.25) is 0 Å². The number of hydrogen-bond donors (Lipinski definition) is 0. The fraction of sp³-hybridized carbons (Fsp3) is 0.810. The quantitative estimate of drug-likeness (QED) is 0.347. The Labute approximate surface area is 133 Å². The number of hydrogen-bond acceptors (Lipinski definition) is 0. The summed E-state index contributed by atoms with van der Waals surface area (Å²) in [4.78, 5) is 0. The monoisotopic (exact) mass is 288 g/mol. The normalized spacial score (nSPS) is 24.1. The van der Waals surface area contributed by atoms with Crippen molar-refractivity contribution >= 4 is 0 Å². The molecule has 0 heterocycles. The molecule has 0 amide bonds. The average molecular weight is 289 g/mol. The SMILES string of the molecule is CCCC/C=C/C1CC[C](C2CC[C](CCC)CC2)CC1. The number of unbranched alkanes of at least 4 members (excludes halogenated alkanes) is 2. The minimum absolute atomic E-state index is 0.886. The molecule has 2 fully saturated rings. The first-order chi connectivity index (χ1) is 10.3. The third kappa shape index (κ3) is 5.80. The Morgan fingerprint density at radius 1 is 0.905 bits per heavy atom. The molecule has 2 radical (unpaired) electrons. The summed E-state index contributed by atoms with van der Waals surface area (Å²) >= 11 is 0. The predicted octanol–water partition coefficient (Wildman–Crippen LogP) is 7.06. The van der Waals surface area contributed by atoms with Gasteiger partial charge in [-0.25, -0.2) is 0 Å². The van der Waals surface area contributed by atoms with Crippen LogP contribution in [0.4, 0.5) is 0 Å². The highest BCUT2D eigenvalue weighted by molar-refractivity contribution is 5.07. The van der Waals surface area contributed by atoms with Crippen molar-refractivity contribution in [1.82, 2.24) is 0 Å². The van der Waals surface area contributed by atoms with Crippen molar-refractivity contribution in [1.29, 1.82) is 0 Å². The number of rotatable bonds is 7. The van der Waals surface area contributed by atoms with E-state index in [2.05, 4.69) is 26.0 Å². The average Bonchev–Trinajstić information content (AvgIpc) is 2.53. The van der Waals surface area contributed by atoms with Crippen molar-refractivity contribution in [2.24, 2.45) is 11.8 Å². The second kappa shape index (κ2) is 9.70. The minimum atomic E-state index is 0.886. The van der Waals surface area contributed by atoms with Crippen LogP contribution in [0.3, 0.4) is 0 Å². The van der Waals surface area contributed by atoms with Crippen LogP contribution in [0.5, 0.6) is 0 Å². The highest BCUT2D eigenvalue weighted by Crippen LogP contribution is 2.44. The summed E-state index contributed by atoms with van der Waals surface area (Å²) in [7, 11) is 0. The Hall–Kier alpha value is -0.260. The Morgan fingerprint density at radius 3 is 2.24 bits per heavy atom. The molecular weight excluding hydrogens is 252 g/mol. The lowest BCUT2D eigenvalue weighted by atomic mass is 9.68. The molecule has 2 saturated carbocycles. The highest BCUT2D eigenvalue weighted by Gasteiger charge is 2.30. The fourth-order valence-electron chi connectivity index (χ4n) is 4.26. The maximum Gasteiger partial charge on any atom is -0.0210 e. The molecular formula is C21H36. The van der Waals surface area contributed by atoms with Crippen molar-refractivity contribution in [3.63, 3.8) is 0 Å². The van der Waals surface area contributed by atoms with Crippen LogP contribution in [0.25, 0.3) is 0 Å². The summed E-state index contributed by atoms with van der Waals surface area (Å²) in [6, 6.07) is 0. The van der Waals surface area contributed by atoms with Crippen LogP contribution in [0.15, 0.2) is 12.2 Å². The summed E-state index contributed by atoms with van der Waals surface area (Å²) in [6.45, 7) is 4.60. The van der Waals surface area contributed by atoms with Gasteiger partial charge < -0.3 is 0 Å². The Bertz CT molecular complexity index is 274. The first-order valence-corrected chi connectivity index (χ1v) is 9.68. The molecule has 21 heavy (non-hydrogen) atoms. The molecule has 0 atom stereocenters. The topological polar surface area (TPSA) is 0 Å². The van der Waals surface area contributed by atoms with Gasteiger partial charge in [0.2, 0.25) is 0 Å². The van der Waals surface area contributed by atoms with E-state index in [0.29, 0.717) is 0 Å². The van der Waals surface area contributed by atoms with Crippen LogP contribution in [-0.2, 0) is 0 Å². The lowest BCUT2D eigenvalue weighted by Crippen LogP contribution is -2.23. The highest BCUT2D eigenvalue weighted by atomic mass is 14.3. The van der Waals surface area contributed by atoms with Crippen molar-refractivity contribution in [2.45, 2.75) is 97.3 Å². The van der Waals surface area contributed by atoms with Crippen LogP contribution in [0, 0.1) is 23.7 Å². The lowest BCUT2D eigenvalue weighted by Gasteiger charge is -2.36. The Kier molecular flexibility index (Phi) is 7.89. The number of allylic oxidation sites excluding steroid dienone is 2. The molecule has 0 aromatic rings. The first-order valence-electron chi connectivity index (χ1n) is 9.68. The van der Waals surface area contributed by atoms with Crippen LogP contribution in [-0.4, -0.2) is 0 Å². The zero-order chi connectivity index (χ0) is 14.9. The molecule has 0 unspecified atom stereocenters. The van der Waals surface area contributed by atoms with E-state index in [1.807, 2.05) is 11.8 Å². The summed E-state index contributed by atoms with van der Waals surface area (Å²) in [6.07, 6.45) is 23.2. The van der Waals surface area contributed by atoms with Crippen LogP contribution < -0.4 is 0 Å². The van der Waals surface area contributed by atoms with Crippen LogP contribution >= 0.6 is 0 Å². The summed E-state index contributed by atoms with van der Waals surface area (Å²) in [5.41, 5.74) is 0. The van der Waals surface area contributed by atoms with Crippen molar-refractivity contribution in [3.8, 4) is 0 Å². The predicted molar refractivity (Wildman–Crippen MR) is 94.0 cm³/mol. The largest absolute Gasteiger partial charge is 0.0883 e. The Morgan fingerprint density at radius 2 is 1.62 bits per heavy atom. The maximum atomic E-state index is 2.53. The lowest BCUT2D eigenvalue weighted by molar-refractivity contribution is 0.310. The summed E-state index contributed by atoms with van der Waals surface area (Å²) in [5, 5.41) is 0. The smallest absolute Gasteiger partial charge is 0.0210 e. The van der Waals surface area contributed by atoms with Gasteiger partial charge in [0.15, 0.2) is 0 Å². The van der Waals surface area contributed by atoms with Crippen LogP contribution in [0.1, 0.15) is 97.3 Å². The Balaban J connectivity index is 1.64. The minimum Gasteiger partial charge on any atom is -0.0883 e. The molecule has 0 heteroatoms.